The van der Waals surface area contributed by atoms with Crippen LogP contribution in [0.5, 0.6) is 5.75 Å². The molecule has 0 amide bonds. The second-order valence-electron chi connectivity index (χ2n) is 7.75. The predicted octanol–water partition coefficient (Wildman–Crippen LogP) is 4.78. The van der Waals surface area contributed by atoms with Crippen molar-refractivity contribution in [3.05, 3.63) is 62.5 Å². The molecule has 0 atom stereocenters. The molecule has 2 heterocycles. The highest BCUT2D eigenvalue weighted by Crippen LogP contribution is 2.33. The summed E-state index contributed by atoms with van der Waals surface area (Å²) in [7, 11) is -2.36. The van der Waals surface area contributed by atoms with Crippen LogP contribution in [0.2, 0.25) is 10.0 Å². The molecule has 4 aromatic rings. The van der Waals surface area contributed by atoms with Crippen LogP contribution < -0.4 is 15.0 Å². The molecular weight excluding hydrogens is 513 g/mol. The predicted molar refractivity (Wildman–Crippen MR) is 137 cm³/mol. The molecule has 2 aromatic carbocycles. The number of halogens is 2. The highest BCUT2D eigenvalue weighted by atomic mass is 35.5. The summed E-state index contributed by atoms with van der Waals surface area (Å²) < 4.78 is 36.0. The number of rotatable bonds is 8. The molecule has 2 aromatic heterocycles. The topological polar surface area (TPSA) is 119 Å². The lowest BCUT2D eigenvalue weighted by atomic mass is 10.1. The van der Waals surface area contributed by atoms with Gasteiger partial charge in [0, 0.05) is 12.1 Å². The number of hydrogen-bond acceptors (Lipinski definition) is 6. The summed E-state index contributed by atoms with van der Waals surface area (Å²) in [5.74, 6) is 0.553. The average molecular weight is 536 g/mol. The van der Waals surface area contributed by atoms with Crippen LogP contribution in [0.25, 0.3) is 22.4 Å². The van der Waals surface area contributed by atoms with Gasteiger partial charge in [0.25, 0.3) is 15.6 Å². The zero-order chi connectivity index (χ0) is 25.3. The minimum absolute atomic E-state index is 0.0651. The molecule has 0 aliphatic carbocycles. The lowest BCUT2D eigenvalue weighted by Crippen LogP contribution is -2.15. The molecule has 0 aliphatic rings. The van der Waals surface area contributed by atoms with Gasteiger partial charge in [-0.2, -0.15) is 5.10 Å². The van der Waals surface area contributed by atoms with Crippen molar-refractivity contribution in [2.24, 2.45) is 7.05 Å². The fourth-order valence-electron chi connectivity index (χ4n) is 3.70. The SMILES string of the molecule is CCCc1nn(C)c2c(=O)[nH]c(-c3cc(S(=O)(=O)Nc4ccc(Cl)cc4Cl)ccc3OCC)nc12. The minimum Gasteiger partial charge on any atom is -0.493 e. The average Bonchev–Trinajstić information content (AvgIpc) is 3.12. The molecule has 184 valence electrons. The van der Waals surface area contributed by atoms with Crippen LogP contribution in [-0.4, -0.2) is 34.8 Å². The number of nitrogens with zero attached hydrogens (tertiary/aromatic N) is 3. The molecule has 35 heavy (non-hydrogen) atoms. The van der Waals surface area contributed by atoms with Crippen molar-refractivity contribution >= 4 is 49.9 Å². The maximum Gasteiger partial charge on any atom is 0.277 e. The number of H-pyrrole nitrogens is 1. The smallest absolute Gasteiger partial charge is 0.277 e. The summed E-state index contributed by atoms with van der Waals surface area (Å²) in [6.07, 6.45) is 1.47. The largest absolute Gasteiger partial charge is 0.493 e. The first kappa shape index (κ1) is 25.0. The third-order valence-corrected chi connectivity index (χ3v) is 7.15. The number of ether oxygens (including phenoxy) is 1. The van der Waals surface area contributed by atoms with Gasteiger partial charge in [-0.1, -0.05) is 36.5 Å². The van der Waals surface area contributed by atoms with Gasteiger partial charge in [-0.15, -0.1) is 0 Å². The van der Waals surface area contributed by atoms with Crippen molar-refractivity contribution in [2.45, 2.75) is 31.6 Å². The highest BCUT2D eigenvalue weighted by molar-refractivity contribution is 7.92. The van der Waals surface area contributed by atoms with Crippen LogP contribution in [0.4, 0.5) is 5.69 Å². The van der Waals surface area contributed by atoms with Crippen LogP contribution in [-0.2, 0) is 23.5 Å². The Morgan fingerprint density at radius 2 is 1.91 bits per heavy atom. The van der Waals surface area contributed by atoms with Gasteiger partial charge in [0.05, 0.1) is 33.5 Å². The maximum atomic E-state index is 13.2. The first-order valence-corrected chi connectivity index (χ1v) is 13.1. The monoisotopic (exact) mass is 535 g/mol. The number of aryl methyl sites for hydroxylation is 2. The molecule has 0 saturated carbocycles. The summed E-state index contributed by atoms with van der Waals surface area (Å²) in [6.45, 7) is 4.15. The summed E-state index contributed by atoms with van der Waals surface area (Å²) in [5.41, 5.74) is 1.62. The third-order valence-electron chi connectivity index (χ3n) is 5.24. The van der Waals surface area contributed by atoms with Crippen molar-refractivity contribution in [1.82, 2.24) is 19.7 Å². The van der Waals surface area contributed by atoms with Crippen molar-refractivity contribution in [2.75, 3.05) is 11.3 Å². The molecule has 4 rings (SSSR count). The van der Waals surface area contributed by atoms with E-state index in [0.29, 0.717) is 46.1 Å². The van der Waals surface area contributed by atoms with Crippen LogP contribution in [0.3, 0.4) is 0 Å². The van der Waals surface area contributed by atoms with Gasteiger partial charge in [0.15, 0.2) is 5.52 Å². The van der Waals surface area contributed by atoms with Gasteiger partial charge in [-0.25, -0.2) is 13.4 Å². The van der Waals surface area contributed by atoms with E-state index in [9.17, 15) is 13.2 Å². The van der Waals surface area contributed by atoms with Gasteiger partial charge in [-0.3, -0.25) is 14.2 Å². The summed E-state index contributed by atoms with van der Waals surface area (Å²) in [5, 5.41) is 4.96. The van der Waals surface area contributed by atoms with Crippen molar-refractivity contribution < 1.29 is 13.2 Å². The highest BCUT2D eigenvalue weighted by Gasteiger charge is 2.22. The molecule has 9 nitrogen and oxygen atoms in total. The number of anilines is 1. The second kappa shape index (κ2) is 9.88. The zero-order valence-electron chi connectivity index (χ0n) is 19.2. The zero-order valence-corrected chi connectivity index (χ0v) is 21.6. The van der Waals surface area contributed by atoms with Gasteiger partial charge >= 0.3 is 0 Å². The van der Waals surface area contributed by atoms with E-state index in [1.165, 1.54) is 41.1 Å². The molecule has 0 spiro atoms. The molecule has 0 unspecified atom stereocenters. The summed E-state index contributed by atoms with van der Waals surface area (Å²) in [6, 6.07) is 8.78. The fourth-order valence-corrected chi connectivity index (χ4v) is 5.32. The number of aromatic nitrogens is 4. The number of benzene rings is 2. The molecule has 0 saturated heterocycles. The van der Waals surface area contributed by atoms with E-state index >= 15 is 0 Å². The van der Waals surface area contributed by atoms with E-state index in [-0.39, 0.29) is 27.0 Å². The number of fused-ring (bicyclic) bond motifs is 1. The number of hydrogen-bond donors (Lipinski definition) is 2. The first-order chi connectivity index (χ1) is 16.6. The van der Waals surface area contributed by atoms with Gasteiger partial charge in [0.2, 0.25) is 0 Å². The Kier molecular flexibility index (Phi) is 7.07. The van der Waals surface area contributed by atoms with Gasteiger partial charge < -0.3 is 9.72 Å². The quantitative estimate of drug-likeness (QED) is 0.335. The van der Waals surface area contributed by atoms with E-state index in [1.807, 2.05) is 6.92 Å². The Morgan fingerprint density at radius 1 is 1.14 bits per heavy atom. The van der Waals surface area contributed by atoms with E-state index in [0.717, 1.165) is 6.42 Å². The van der Waals surface area contributed by atoms with E-state index in [2.05, 4.69) is 19.8 Å². The summed E-state index contributed by atoms with van der Waals surface area (Å²) >= 11 is 12.1. The molecule has 2 N–H and O–H groups in total. The van der Waals surface area contributed by atoms with Crippen molar-refractivity contribution in [1.29, 1.82) is 0 Å². The molecule has 0 radical (unpaired) electrons. The number of sulfonamides is 1. The van der Waals surface area contributed by atoms with Crippen LogP contribution in [0, 0.1) is 0 Å². The molecule has 0 bridgehead atoms. The van der Waals surface area contributed by atoms with E-state index in [1.54, 1.807) is 14.0 Å². The van der Waals surface area contributed by atoms with E-state index < -0.39 is 10.0 Å². The lowest BCUT2D eigenvalue weighted by molar-refractivity contribution is 0.341. The molecule has 0 fully saturated rings. The Morgan fingerprint density at radius 3 is 2.60 bits per heavy atom. The minimum atomic E-state index is -4.05. The second-order valence-corrected chi connectivity index (χ2v) is 10.3. The first-order valence-electron chi connectivity index (χ1n) is 10.9. The Bertz CT molecular complexity index is 1580. The van der Waals surface area contributed by atoms with Crippen molar-refractivity contribution in [3.63, 3.8) is 0 Å². The van der Waals surface area contributed by atoms with Crippen LogP contribution in [0.1, 0.15) is 26.0 Å². The van der Waals surface area contributed by atoms with Gasteiger partial charge in [0.1, 0.15) is 17.1 Å². The normalized spacial score (nSPS) is 11.7. The number of nitrogens with one attached hydrogen (secondary N) is 2. The van der Waals surface area contributed by atoms with Crippen molar-refractivity contribution in [3.8, 4) is 17.1 Å². The van der Waals surface area contributed by atoms with Crippen LogP contribution in [0.15, 0.2) is 46.1 Å². The number of aromatic amines is 1. The Balaban J connectivity index is 1.85. The maximum absolute atomic E-state index is 13.2. The standard InChI is InChI=1S/C23H23Cl2N5O4S/c1-4-6-18-20-21(30(3)28-18)23(31)27-22(26-20)15-12-14(8-10-19(15)34-5-2)35(32,33)29-17-9-7-13(24)11-16(17)25/h7-12,29H,4-6H2,1-3H3,(H,26,27,31). The molecule has 0 aliphatic heterocycles. The summed E-state index contributed by atoms with van der Waals surface area (Å²) in [4.78, 5) is 20.2. The molecule has 12 heteroatoms. The third kappa shape index (κ3) is 5.00. The van der Waals surface area contributed by atoms with E-state index in [4.69, 9.17) is 27.9 Å². The molecular formula is C23H23Cl2N5O4S. The van der Waals surface area contributed by atoms with Gasteiger partial charge in [-0.05, 0) is 49.7 Å². The fraction of sp³-hybridized carbons (Fsp3) is 0.261. The van der Waals surface area contributed by atoms with Crippen LogP contribution >= 0.6 is 23.2 Å². The Labute approximate surface area is 212 Å². The Hall–Kier alpha value is -3.08. The lowest BCUT2D eigenvalue weighted by Gasteiger charge is -2.14.